The normalized spacial score (nSPS) is 21.8. The summed E-state index contributed by atoms with van der Waals surface area (Å²) in [5.41, 5.74) is 2.79. The minimum absolute atomic E-state index is 0.0390. The lowest BCUT2D eigenvalue weighted by Crippen LogP contribution is -2.70. The maximum Gasteiger partial charge on any atom is 0.407 e. The molecule has 2 amide bonds. The smallest absolute Gasteiger partial charge is 0.407 e. The van der Waals surface area contributed by atoms with E-state index in [-0.39, 0.29) is 23.4 Å². The van der Waals surface area contributed by atoms with Crippen LogP contribution in [0.15, 0.2) is 48.7 Å². The first-order chi connectivity index (χ1) is 29.1. The molecule has 61 heavy (non-hydrogen) atoms. The van der Waals surface area contributed by atoms with E-state index in [1.165, 1.54) is 6.42 Å². The van der Waals surface area contributed by atoms with E-state index < -0.39 is 29.1 Å². The van der Waals surface area contributed by atoms with Gasteiger partial charge < -0.3 is 34.9 Å². The van der Waals surface area contributed by atoms with Gasteiger partial charge in [-0.15, -0.1) is 5.10 Å². The number of alkyl carbamates (subject to hydrolysis) is 1. The lowest BCUT2D eigenvalue weighted by molar-refractivity contribution is -0.163. The molecule has 4 aliphatic carbocycles. The molecule has 0 aliphatic heterocycles. The highest BCUT2D eigenvalue weighted by Gasteiger charge is 2.62. The predicted molar refractivity (Wildman–Crippen MR) is 231 cm³/mol. The molecular formula is C46H62N8O7. The van der Waals surface area contributed by atoms with E-state index in [0.717, 1.165) is 74.1 Å². The number of rotatable bonds is 17. The number of benzene rings is 2. The Bertz CT molecular complexity index is 2170. The Labute approximate surface area is 358 Å². The summed E-state index contributed by atoms with van der Waals surface area (Å²) in [6, 6.07) is 13.3. The minimum Gasteiger partial charge on any atom is -0.496 e. The van der Waals surface area contributed by atoms with E-state index >= 15 is 0 Å². The van der Waals surface area contributed by atoms with Gasteiger partial charge in [0.1, 0.15) is 28.3 Å². The van der Waals surface area contributed by atoms with Crippen molar-refractivity contribution >= 4 is 18.0 Å². The molecule has 4 aromatic rings. The van der Waals surface area contributed by atoms with Gasteiger partial charge in [0.05, 0.1) is 37.4 Å². The van der Waals surface area contributed by atoms with Gasteiger partial charge in [0.2, 0.25) is 0 Å². The fourth-order valence-electron chi connectivity index (χ4n) is 10.1. The Balaban J connectivity index is 1.12. The highest BCUT2D eigenvalue weighted by Crippen LogP contribution is 2.58. The number of nitrogens with zero attached hydrogens (tertiary/aromatic N) is 6. The first kappa shape index (κ1) is 43.6. The summed E-state index contributed by atoms with van der Waals surface area (Å²) in [5.74, 6) is 0.503. The van der Waals surface area contributed by atoms with Crippen LogP contribution in [0.3, 0.4) is 0 Å². The van der Waals surface area contributed by atoms with Gasteiger partial charge in [0, 0.05) is 18.7 Å². The average molecular weight is 839 g/mol. The molecule has 0 unspecified atom stereocenters. The minimum atomic E-state index is -1.32. The van der Waals surface area contributed by atoms with Crippen LogP contribution in [0.25, 0.3) is 28.2 Å². The number of aliphatic carboxylic acids is 1. The van der Waals surface area contributed by atoms with Crippen molar-refractivity contribution in [2.75, 3.05) is 40.9 Å². The number of carbonyl (C=O) groups is 3. The van der Waals surface area contributed by atoms with Gasteiger partial charge in [0.25, 0.3) is 5.91 Å². The van der Waals surface area contributed by atoms with Gasteiger partial charge in [-0.3, -0.25) is 9.48 Å². The molecule has 2 aromatic carbocycles. The van der Waals surface area contributed by atoms with Crippen LogP contribution in [0.5, 0.6) is 11.5 Å². The molecule has 3 N–H and O–H groups in total. The molecule has 328 valence electrons. The monoisotopic (exact) mass is 838 g/mol. The highest BCUT2D eigenvalue weighted by atomic mass is 16.6. The molecular weight excluding hydrogens is 777 g/mol. The molecule has 4 bridgehead atoms. The molecule has 0 atom stereocenters. The van der Waals surface area contributed by atoms with Crippen molar-refractivity contribution in [1.29, 1.82) is 0 Å². The molecule has 15 nitrogen and oxygen atoms in total. The number of carboxylic acid groups (broad SMARTS) is 1. The summed E-state index contributed by atoms with van der Waals surface area (Å²) in [6.07, 6.45) is 7.70. The second kappa shape index (κ2) is 17.9. The summed E-state index contributed by atoms with van der Waals surface area (Å²) in [5, 5.41) is 30.6. The van der Waals surface area contributed by atoms with Gasteiger partial charge >= 0.3 is 12.1 Å². The molecule has 2 heterocycles. The van der Waals surface area contributed by atoms with Gasteiger partial charge in [-0.2, -0.15) is 5.10 Å². The van der Waals surface area contributed by atoms with Crippen LogP contribution in [-0.2, 0) is 16.1 Å². The number of hydrogen-bond acceptors (Lipinski definition) is 10. The maximum absolute atomic E-state index is 14.4. The Hall–Kier alpha value is -5.44. The first-order valence-electron chi connectivity index (χ1n) is 21.7. The summed E-state index contributed by atoms with van der Waals surface area (Å²) >= 11 is 0. The molecule has 0 radical (unpaired) electrons. The van der Waals surface area contributed by atoms with Crippen LogP contribution in [0.1, 0.15) is 102 Å². The number of hydrogen-bond donors (Lipinski definition) is 3. The molecule has 0 saturated heterocycles. The SMILES string of the molecule is COc1cccc(OC)c1-c1cc(C(=O)NC2(C(=O)O)C3CC4CC(C3)CC2C4)nn1-c1ccc(-c2cn(CCCN(C)CCCNC(=O)OC(C)(C)C)nn2)cc1C(C)C. The molecule has 15 heteroatoms. The van der Waals surface area contributed by atoms with Gasteiger partial charge in [-0.1, -0.05) is 31.2 Å². The zero-order valence-electron chi connectivity index (χ0n) is 36.9. The quantitative estimate of drug-likeness (QED) is 0.0919. The summed E-state index contributed by atoms with van der Waals surface area (Å²) in [7, 11) is 5.24. The zero-order chi connectivity index (χ0) is 43.6. The van der Waals surface area contributed by atoms with E-state index in [1.807, 2.05) is 62.0 Å². The second-order valence-electron chi connectivity index (χ2n) is 18.5. The zero-order valence-corrected chi connectivity index (χ0v) is 36.9. The Morgan fingerprint density at radius 3 is 2.21 bits per heavy atom. The third-order valence-electron chi connectivity index (χ3n) is 12.8. The van der Waals surface area contributed by atoms with E-state index in [0.29, 0.717) is 47.7 Å². The summed E-state index contributed by atoms with van der Waals surface area (Å²) < 4.78 is 20.6. The fourth-order valence-corrected chi connectivity index (χ4v) is 10.1. The highest BCUT2D eigenvalue weighted by molar-refractivity contribution is 5.98. The Kier molecular flexibility index (Phi) is 12.8. The lowest BCUT2D eigenvalue weighted by Gasteiger charge is -2.59. The molecule has 4 fully saturated rings. The fraction of sp³-hybridized carbons (Fsp3) is 0.565. The number of ether oxygens (including phenoxy) is 3. The number of carbonyl (C=O) groups excluding carboxylic acids is 2. The van der Waals surface area contributed by atoms with Crippen molar-refractivity contribution in [3.8, 4) is 39.7 Å². The molecule has 4 saturated carbocycles. The predicted octanol–water partition coefficient (Wildman–Crippen LogP) is 7.18. The first-order valence-corrected chi connectivity index (χ1v) is 21.7. The van der Waals surface area contributed by atoms with Crippen LogP contribution in [0.2, 0.25) is 0 Å². The van der Waals surface area contributed by atoms with Crippen LogP contribution < -0.4 is 20.1 Å². The van der Waals surface area contributed by atoms with Crippen molar-refractivity contribution in [2.24, 2.45) is 23.7 Å². The van der Waals surface area contributed by atoms with Crippen molar-refractivity contribution < 1.29 is 33.7 Å². The van der Waals surface area contributed by atoms with Crippen LogP contribution in [0, 0.1) is 23.7 Å². The van der Waals surface area contributed by atoms with Crippen molar-refractivity contribution in [2.45, 2.75) is 103 Å². The van der Waals surface area contributed by atoms with Crippen molar-refractivity contribution in [3.05, 3.63) is 59.9 Å². The molecule has 8 rings (SSSR count). The topological polar surface area (TPSA) is 175 Å². The van der Waals surface area contributed by atoms with E-state index in [2.05, 4.69) is 52.8 Å². The number of aromatic nitrogens is 5. The number of aryl methyl sites for hydroxylation is 1. The largest absolute Gasteiger partial charge is 0.496 e. The van der Waals surface area contributed by atoms with E-state index in [9.17, 15) is 19.5 Å². The Morgan fingerprint density at radius 1 is 0.951 bits per heavy atom. The van der Waals surface area contributed by atoms with E-state index in [4.69, 9.17) is 19.3 Å². The third-order valence-corrected chi connectivity index (χ3v) is 12.8. The van der Waals surface area contributed by atoms with Crippen LogP contribution in [-0.4, -0.2) is 105 Å². The van der Waals surface area contributed by atoms with Crippen molar-refractivity contribution in [1.82, 2.24) is 40.3 Å². The lowest BCUT2D eigenvalue weighted by atomic mass is 9.48. The third kappa shape index (κ3) is 9.26. The summed E-state index contributed by atoms with van der Waals surface area (Å²) in [6.45, 7) is 12.7. The van der Waals surface area contributed by atoms with E-state index in [1.54, 1.807) is 25.0 Å². The van der Waals surface area contributed by atoms with Gasteiger partial charge in [-0.25, -0.2) is 14.3 Å². The number of methoxy groups -OCH3 is 2. The molecule has 0 spiro atoms. The number of carboxylic acids is 1. The number of nitrogens with one attached hydrogen (secondary N) is 2. The summed E-state index contributed by atoms with van der Waals surface area (Å²) in [4.78, 5) is 41.8. The van der Waals surface area contributed by atoms with Crippen molar-refractivity contribution in [3.63, 3.8) is 0 Å². The second-order valence-corrected chi connectivity index (χ2v) is 18.5. The molecule has 2 aromatic heterocycles. The average Bonchev–Trinajstić information content (AvgIpc) is 3.87. The Morgan fingerprint density at radius 2 is 1.61 bits per heavy atom. The van der Waals surface area contributed by atoms with Crippen LogP contribution in [0.4, 0.5) is 4.79 Å². The maximum atomic E-state index is 14.4. The van der Waals surface area contributed by atoms with Gasteiger partial charge in [0.15, 0.2) is 5.69 Å². The van der Waals surface area contributed by atoms with Crippen LogP contribution >= 0.6 is 0 Å². The number of amides is 2. The molecule has 4 aliphatic rings. The van der Waals surface area contributed by atoms with Gasteiger partial charge in [-0.05, 0) is 151 Å². The standard InChI is InChI=1S/C46H62N8O7/c1-28(2)34-25-31(36-27-53(51-49-36)19-11-18-52(6)17-10-16-47-44(58)61-45(3,4)5)14-15-37(34)54-38(41-39(59-7)12-9-13-40(41)60-8)26-35(50-54)42(55)48-46(43(56)57)32-21-29-20-30(23-32)24-33(46)22-29/h9,12-15,25-30,32-33H,10-11,16-24H2,1-8H3,(H,47,58)(H,48,55)(H,56,57).